The lowest BCUT2D eigenvalue weighted by Crippen LogP contribution is -2.46. The van der Waals surface area contributed by atoms with Crippen LogP contribution in [0.1, 0.15) is 5.56 Å². The molecule has 4 heterocycles. The smallest absolute Gasteiger partial charge is 0.141 e. The van der Waals surface area contributed by atoms with Crippen molar-refractivity contribution in [2.24, 2.45) is 0 Å². The molecule has 0 aliphatic carbocycles. The molecular formula is C22H20ClN5S. The predicted octanol–water partition coefficient (Wildman–Crippen LogP) is 4.73. The van der Waals surface area contributed by atoms with Gasteiger partial charge >= 0.3 is 0 Å². The Kier molecular flexibility index (Phi) is 5.14. The van der Waals surface area contributed by atoms with E-state index in [1.54, 1.807) is 17.7 Å². The number of hydrogen-bond acceptors (Lipinski definition) is 6. The number of nitrogens with zero attached hydrogens (tertiary/aromatic N) is 5. The van der Waals surface area contributed by atoms with Crippen molar-refractivity contribution < 1.29 is 0 Å². The van der Waals surface area contributed by atoms with Crippen LogP contribution in [0.15, 0.2) is 60.5 Å². The minimum atomic E-state index is 0.745. The Balaban J connectivity index is 1.39. The molecule has 5 rings (SSSR count). The summed E-state index contributed by atoms with van der Waals surface area (Å²) in [5.74, 6) is 1.03. The second kappa shape index (κ2) is 8.06. The summed E-state index contributed by atoms with van der Waals surface area (Å²) >= 11 is 7.74. The van der Waals surface area contributed by atoms with E-state index in [1.165, 1.54) is 11.1 Å². The highest BCUT2D eigenvalue weighted by Crippen LogP contribution is 2.38. The fraction of sp³-hybridized carbons (Fsp3) is 0.227. The van der Waals surface area contributed by atoms with Crippen LogP contribution in [0, 0.1) is 0 Å². The van der Waals surface area contributed by atoms with Gasteiger partial charge in [0.1, 0.15) is 17.0 Å². The van der Waals surface area contributed by atoms with Gasteiger partial charge in [-0.2, -0.15) is 0 Å². The minimum absolute atomic E-state index is 0.745. The van der Waals surface area contributed by atoms with Gasteiger partial charge in [-0.25, -0.2) is 9.97 Å². The first-order valence-electron chi connectivity index (χ1n) is 9.62. The number of fused-ring (bicyclic) bond motifs is 1. The summed E-state index contributed by atoms with van der Waals surface area (Å²) in [6.07, 6.45) is 5.45. The Labute approximate surface area is 178 Å². The molecular weight excluding hydrogens is 402 g/mol. The Hall–Kier alpha value is -2.54. The number of halogens is 1. The predicted molar refractivity (Wildman–Crippen MR) is 120 cm³/mol. The van der Waals surface area contributed by atoms with Crippen LogP contribution in [0.4, 0.5) is 5.82 Å². The average molecular weight is 422 g/mol. The maximum absolute atomic E-state index is 6.08. The molecule has 3 aromatic heterocycles. The van der Waals surface area contributed by atoms with E-state index in [2.05, 4.69) is 48.3 Å². The Morgan fingerprint density at radius 2 is 1.83 bits per heavy atom. The molecule has 0 spiro atoms. The van der Waals surface area contributed by atoms with Crippen LogP contribution in [0.2, 0.25) is 5.02 Å². The molecule has 0 N–H and O–H groups in total. The first-order chi connectivity index (χ1) is 14.3. The molecule has 0 bridgehead atoms. The second-order valence-electron chi connectivity index (χ2n) is 7.16. The zero-order chi connectivity index (χ0) is 19.6. The largest absolute Gasteiger partial charge is 0.353 e. The highest BCUT2D eigenvalue weighted by molar-refractivity contribution is 7.17. The topological polar surface area (TPSA) is 45.2 Å². The van der Waals surface area contributed by atoms with Crippen LogP contribution in [0.25, 0.3) is 21.3 Å². The minimum Gasteiger partial charge on any atom is -0.353 e. The van der Waals surface area contributed by atoms with Gasteiger partial charge in [0.05, 0.1) is 5.39 Å². The monoisotopic (exact) mass is 421 g/mol. The fourth-order valence-corrected chi connectivity index (χ4v) is 4.85. The maximum Gasteiger partial charge on any atom is 0.141 e. The fourth-order valence-electron chi connectivity index (χ4n) is 3.81. The Bertz CT molecular complexity index is 1110. The van der Waals surface area contributed by atoms with Gasteiger partial charge in [0.25, 0.3) is 0 Å². The highest BCUT2D eigenvalue weighted by atomic mass is 35.5. The van der Waals surface area contributed by atoms with Gasteiger partial charge in [0, 0.05) is 61.1 Å². The van der Waals surface area contributed by atoms with E-state index < -0.39 is 0 Å². The van der Waals surface area contributed by atoms with Crippen molar-refractivity contribution in [3.8, 4) is 11.1 Å². The normalized spacial score (nSPS) is 15.1. The zero-order valence-electron chi connectivity index (χ0n) is 15.8. The number of thiophene rings is 1. The van der Waals surface area contributed by atoms with Crippen LogP contribution in [-0.2, 0) is 6.54 Å². The molecule has 7 heteroatoms. The van der Waals surface area contributed by atoms with Crippen molar-refractivity contribution in [2.45, 2.75) is 6.54 Å². The molecule has 0 saturated carbocycles. The molecule has 4 aromatic rings. The summed E-state index contributed by atoms with van der Waals surface area (Å²) in [5.41, 5.74) is 3.58. The third kappa shape index (κ3) is 3.83. The van der Waals surface area contributed by atoms with E-state index in [0.717, 1.165) is 59.3 Å². The summed E-state index contributed by atoms with van der Waals surface area (Å²) in [6, 6.07) is 12.1. The van der Waals surface area contributed by atoms with Crippen molar-refractivity contribution in [3.05, 3.63) is 71.1 Å². The van der Waals surface area contributed by atoms with Gasteiger partial charge in [0.2, 0.25) is 0 Å². The first-order valence-corrected chi connectivity index (χ1v) is 10.9. The number of piperazine rings is 1. The summed E-state index contributed by atoms with van der Waals surface area (Å²) < 4.78 is 0. The van der Waals surface area contributed by atoms with Gasteiger partial charge in [-0.05, 0) is 29.3 Å². The van der Waals surface area contributed by atoms with Crippen molar-refractivity contribution in [2.75, 3.05) is 31.1 Å². The molecule has 146 valence electrons. The summed E-state index contributed by atoms with van der Waals surface area (Å²) in [7, 11) is 0. The van der Waals surface area contributed by atoms with Crippen LogP contribution in [0.3, 0.4) is 0 Å². The summed E-state index contributed by atoms with van der Waals surface area (Å²) in [4.78, 5) is 19.3. The quantitative estimate of drug-likeness (QED) is 0.476. The third-order valence-electron chi connectivity index (χ3n) is 5.31. The highest BCUT2D eigenvalue weighted by Gasteiger charge is 2.22. The van der Waals surface area contributed by atoms with E-state index in [0.29, 0.717) is 0 Å². The number of benzene rings is 1. The van der Waals surface area contributed by atoms with Crippen LogP contribution >= 0.6 is 22.9 Å². The van der Waals surface area contributed by atoms with E-state index in [-0.39, 0.29) is 0 Å². The van der Waals surface area contributed by atoms with Gasteiger partial charge in [-0.3, -0.25) is 9.88 Å². The number of aromatic nitrogens is 3. The van der Waals surface area contributed by atoms with E-state index in [9.17, 15) is 0 Å². The molecule has 0 amide bonds. The van der Waals surface area contributed by atoms with Crippen molar-refractivity contribution >= 4 is 39.0 Å². The van der Waals surface area contributed by atoms with Crippen molar-refractivity contribution in [1.82, 2.24) is 19.9 Å². The molecule has 1 saturated heterocycles. The Morgan fingerprint density at radius 1 is 1.00 bits per heavy atom. The molecule has 5 nitrogen and oxygen atoms in total. The van der Waals surface area contributed by atoms with Gasteiger partial charge < -0.3 is 4.90 Å². The van der Waals surface area contributed by atoms with Gasteiger partial charge in [-0.1, -0.05) is 29.8 Å². The van der Waals surface area contributed by atoms with E-state index >= 15 is 0 Å². The number of hydrogen-bond donors (Lipinski definition) is 0. The number of anilines is 1. The number of rotatable bonds is 4. The van der Waals surface area contributed by atoms with Gasteiger partial charge in [0.15, 0.2) is 0 Å². The van der Waals surface area contributed by atoms with Crippen molar-refractivity contribution in [3.63, 3.8) is 0 Å². The van der Waals surface area contributed by atoms with Crippen molar-refractivity contribution in [1.29, 1.82) is 0 Å². The van der Waals surface area contributed by atoms with Crippen LogP contribution < -0.4 is 4.90 Å². The summed E-state index contributed by atoms with van der Waals surface area (Å²) in [6.45, 7) is 4.83. The Morgan fingerprint density at radius 3 is 2.59 bits per heavy atom. The molecule has 0 radical (unpaired) electrons. The molecule has 29 heavy (non-hydrogen) atoms. The standard InChI is InChI=1S/C22H20ClN5S/c23-18-5-3-17(4-6-18)19-14-29-22-20(19)21(25-15-26-22)28-10-8-27(9-11-28)13-16-2-1-7-24-12-16/h1-7,12,14-15H,8-11,13H2. The summed E-state index contributed by atoms with van der Waals surface area (Å²) in [5, 5.41) is 4.06. The molecule has 0 unspecified atom stereocenters. The lowest BCUT2D eigenvalue weighted by Gasteiger charge is -2.35. The van der Waals surface area contributed by atoms with E-state index in [1.807, 2.05) is 30.6 Å². The van der Waals surface area contributed by atoms with Crippen LogP contribution in [-0.4, -0.2) is 46.0 Å². The average Bonchev–Trinajstić information content (AvgIpc) is 3.20. The maximum atomic E-state index is 6.08. The van der Waals surface area contributed by atoms with E-state index in [4.69, 9.17) is 11.6 Å². The lowest BCUT2D eigenvalue weighted by atomic mass is 10.1. The number of pyridine rings is 1. The van der Waals surface area contributed by atoms with Crippen LogP contribution in [0.5, 0.6) is 0 Å². The second-order valence-corrected chi connectivity index (χ2v) is 8.45. The lowest BCUT2D eigenvalue weighted by molar-refractivity contribution is 0.249. The molecule has 1 fully saturated rings. The molecule has 1 aromatic carbocycles. The zero-order valence-corrected chi connectivity index (χ0v) is 17.4. The third-order valence-corrected chi connectivity index (χ3v) is 6.44. The van der Waals surface area contributed by atoms with Gasteiger partial charge in [-0.15, -0.1) is 11.3 Å². The molecule has 1 aliphatic rings. The SMILES string of the molecule is Clc1ccc(-c2csc3ncnc(N4CCN(Cc5cccnc5)CC4)c23)cc1. The first kappa shape index (κ1) is 18.5. The molecule has 1 aliphatic heterocycles. The molecule has 0 atom stereocenters.